The smallest absolute Gasteiger partial charge is 0.124 e. The Morgan fingerprint density at radius 1 is 1.00 bits per heavy atom. The van der Waals surface area contributed by atoms with Crippen LogP contribution in [0.1, 0.15) is 11.1 Å². The highest BCUT2D eigenvalue weighted by atomic mass is 16.3. The molecule has 1 atom stereocenters. The maximum atomic E-state index is 9.63. The number of phenols is 1. The van der Waals surface area contributed by atoms with Gasteiger partial charge in [-0.2, -0.15) is 0 Å². The second-order valence-corrected chi connectivity index (χ2v) is 4.36. The molecule has 0 aliphatic rings. The summed E-state index contributed by atoms with van der Waals surface area (Å²) in [6.45, 7) is -0.0149. The molecule has 19 heavy (non-hydrogen) atoms. The van der Waals surface area contributed by atoms with E-state index in [-0.39, 0.29) is 18.4 Å². The van der Waals surface area contributed by atoms with Crippen molar-refractivity contribution < 1.29 is 10.2 Å². The summed E-state index contributed by atoms with van der Waals surface area (Å²) in [6, 6.07) is 16.7. The average molecular weight is 255 g/mol. The lowest BCUT2D eigenvalue weighted by atomic mass is 10.1. The van der Waals surface area contributed by atoms with E-state index < -0.39 is 0 Å². The predicted molar refractivity (Wildman–Crippen MR) is 76.7 cm³/mol. The molecule has 0 aliphatic carbocycles. The van der Waals surface area contributed by atoms with Gasteiger partial charge in [-0.15, -0.1) is 0 Å². The van der Waals surface area contributed by atoms with Crippen LogP contribution in [0.15, 0.2) is 59.6 Å². The van der Waals surface area contributed by atoms with Crippen LogP contribution in [0, 0.1) is 0 Å². The van der Waals surface area contributed by atoms with Crippen molar-refractivity contribution in [1.82, 2.24) is 0 Å². The third-order valence-corrected chi connectivity index (χ3v) is 2.89. The van der Waals surface area contributed by atoms with Crippen molar-refractivity contribution in [2.45, 2.75) is 12.5 Å². The lowest BCUT2D eigenvalue weighted by Gasteiger charge is -2.09. The number of benzene rings is 2. The van der Waals surface area contributed by atoms with E-state index in [4.69, 9.17) is 0 Å². The SMILES string of the molecule is OCC(Cc1ccccc1)N=Cc1ccccc1O. The fourth-order valence-electron chi connectivity index (χ4n) is 1.83. The van der Waals surface area contributed by atoms with E-state index in [2.05, 4.69) is 4.99 Å². The lowest BCUT2D eigenvalue weighted by molar-refractivity contribution is 0.266. The third-order valence-electron chi connectivity index (χ3n) is 2.89. The van der Waals surface area contributed by atoms with E-state index >= 15 is 0 Å². The molecule has 0 aliphatic heterocycles. The van der Waals surface area contributed by atoms with Gasteiger partial charge in [-0.05, 0) is 24.1 Å². The van der Waals surface area contributed by atoms with Crippen LogP contribution < -0.4 is 0 Å². The Morgan fingerprint density at radius 3 is 2.37 bits per heavy atom. The second kappa shape index (κ2) is 6.71. The average Bonchev–Trinajstić information content (AvgIpc) is 2.46. The topological polar surface area (TPSA) is 52.8 Å². The summed E-state index contributed by atoms with van der Waals surface area (Å²) in [5, 5.41) is 19.0. The van der Waals surface area contributed by atoms with E-state index in [1.807, 2.05) is 36.4 Å². The maximum Gasteiger partial charge on any atom is 0.124 e. The second-order valence-electron chi connectivity index (χ2n) is 4.36. The number of aliphatic hydroxyl groups is 1. The normalized spacial score (nSPS) is 12.7. The van der Waals surface area contributed by atoms with Gasteiger partial charge in [-0.1, -0.05) is 42.5 Å². The van der Waals surface area contributed by atoms with Gasteiger partial charge in [0.2, 0.25) is 0 Å². The molecule has 0 bridgehead atoms. The van der Waals surface area contributed by atoms with Gasteiger partial charge >= 0.3 is 0 Å². The highest BCUT2D eigenvalue weighted by Crippen LogP contribution is 2.13. The first-order valence-corrected chi connectivity index (χ1v) is 6.25. The zero-order valence-corrected chi connectivity index (χ0v) is 10.6. The summed E-state index contributed by atoms with van der Waals surface area (Å²) in [7, 11) is 0. The fraction of sp³-hybridized carbons (Fsp3) is 0.188. The van der Waals surface area contributed by atoms with Crippen molar-refractivity contribution in [3.63, 3.8) is 0 Å². The van der Waals surface area contributed by atoms with Crippen LogP contribution >= 0.6 is 0 Å². The molecule has 0 spiro atoms. The zero-order valence-electron chi connectivity index (χ0n) is 10.6. The Bertz CT molecular complexity index is 537. The molecule has 0 aromatic heterocycles. The number of phenolic OH excluding ortho intramolecular Hbond substituents is 1. The summed E-state index contributed by atoms with van der Waals surface area (Å²) in [6.07, 6.45) is 2.29. The maximum absolute atomic E-state index is 9.63. The van der Waals surface area contributed by atoms with Gasteiger partial charge in [-0.25, -0.2) is 0 Å². The first kappa shape index (κ1) is 13.3. The lowest BCUT2D eigenvalue weighted by Crippen LogP contribution is -2.14. The monoisotopic (exact) mass is 255 g/mol. The molecule has 0 amide bonds. The van der Waals surface area contributed by atoms with Crippen molar-refractivity contribution in [2.24, 2.45) is 4.99 Å². The van der Waals surface area contributed by atoms with Gasteiger partial charge in [0.15, 0.2) is 0 Å². The Balaban J connectivity index is 2.05. The van der Waals surface area contributed by atoms with Gasteiger partial charge in [-0.3, -0.25) is 4.99 Å². The molecule has 98 valence electrons. The van der Waals surface area contributed by atoms with Gasteiger partial charge in [0.05, 0.1) is 12.6 Å². The number of para-hydroxylation sites is 1. The molecule has 0 heterocycles. The first-order chi connectivity index (χ1) is 9.29. The minimum atomic E-state index is -0.193. The van der Waals surface area contributed by atoms with E-state index in [1.165, 1.54) is 0 Å². The van der Waals surface area contributed by atoms with Crippen LogP contribution in [0.4, 0.5) is 0 Å². The predicted octanol–water partition coefficient (Wildman–Crippen LogP) is 2.41. The molecule has 0 radical (unpaired) electrons. The Labute approximate surface area is 112 Å². The molecule has 0 saturated carbocycles. The molecule has 2 N–H and O–H groups in total. The Hall–Kier alpha value is -2.13. The van der Waals surface area contributed by atoms with Crippen LogP contribution in [0.5, 0.6) is 5.75 Å². The van der Waals surface area contributed by atoms with E-state index in [0.717, 1.165) is 5.56 Å². The Morgan fingerprint density at radius 2 is 1.68 bits per heavy atom. The molecule has 0 saturated heterocycles. The molecule has 2 aromatic rings. The highest BCUT2D eigenvalue weighted by Gasteiger charge is 2.06. The van der Waals surface area contributed by atoms with Crippen molar-refractivity contribution in [3.05, 3.63) is 65.7 Å². The van der Waals surface area contributed by atoms with E-state index in [0.29, 0.717) is 12.0 Å². The number of nitrogens with zero attached hydrogens (tertiary/aromatic N) is 1. The van der Waals surface area contributed by atoms with Gasteiger partial charge < -0.3 is 10.2 Å². The third kappa shape index (κ3) is 3.93. The molecule has 0 fully saturated rings. The number of hydrogen-bond acceptors (Lipinski definition) is 3. The number of aliphatic imine (C=N–C) groups is 1. The molecule has 2 aromatic carbocycles. The van der Waals surface area contributed by atoms with Crippen molar-refractivity contribution in [3.8, 4) is 5.75 Å². The van der Waals surface area contributed by atoms with Crippen LogP contribution in [-0.2, 0) is 6.42 Å². The standard InChI is InChI=1S/C16H17NO2/c18-12-15(10-13-6-2-1-3-7-13)17-11-14-8-4-5-9-16(14)19/h1-9,11,15,18-19H,10,12H2. The van der Waals surface area contributed by atoms with Crippen LogP contribution in [0.25, 0.3) is 0 Å². The zero-order chi connectivity index (χ0) is 13.5. The van der Waals surface area contributed by atoms with E-state index in [1.54, 1.807) is 24.4 Å². The van der Waals surface area contributed by atoms with E-state index in [9.17, 15) is 10.2 Å². The summed E-state index contributed by atoms with van der Waals surface area (Å²) >= 11 is 0. The highest BCUT2D eigenvalue weighted by molar-refractivity contribution is 5.83. The first-order valence-electron chi connectivity index (χ1n) is 6.25. The Kier molecular flexibility index (Phi) is 4.70. The largest absolute Gasteiger partial charge is 0.507 e. The quantitative estimate of drug-likeness (QED) is 0.806. The molecular formula is C16H17NO2. The summed E-state index contributed by atoms with van der Waals surface area (Å²) in [5.41, 5.74) is 1.80. The molecule has 3 nitrogen and oxygen atoms in total. The summed E-state index contributed by atoms with van der Waals surface area (Å²) < 4.78 is 0. The number of rotatable bonds is 5. The molecule has 1 unspecified atom stereocenters. The van der Waals surface area contributed by atoms with Crippen LogP contribution in [0.3, 0.4) is 0 Å². The van der Waals surface area contributed by atoms with Crippen LogP contribution in [-0.4, -0.2) is 29.1 Å². The minimum Gasteiger partial charge on any atom is -0.507 e. The summed E-state index contributed by atoms with van der Waals surface area (Å²) in [5.74, 6) is 0.197. The van der Waals surface area contributed by atoms with Crippen molar-refractivity contribution in [1.29, 1.82) is 0 Å². The van der Waals surface area contributed by atoms with Crippen molar-refractivity contribution >= 4 is 6.21 Å². The minimum absolute atomic E-state index is 0.0149. The number of aromatic hydroxyl groups is 1. The molecule has 2 rings (SSSR count). The molecular weight excluding hydrogens is 238 g/mol. The van der Waals surface area contributed by atoms with Gasteiger partial charge in [0.1, 0.15) is 5.75 Å². The van der Waals surface area contributed by atoms with Crippen molar-refractivity contribution in [2.75, 3.05) is 6.61 Å². The molecule has 3 heteroatoms. The van der Waals surface area contributed by atoms with Crippen LogP contribution in [0.2, 0.25) is 0 Å². The number of hydrogen-bond donors (Lipinski definition) is 2. The summed E-state index contributed by atoms with van der Waals surface area (Å²) in [4.78, 5) is 4.33. The number of aliphatic hydroxyl groups excluding tert-OH is 1. The fourth-order valence-corrected chi connectivity index (χ4v) is 1.83. The van der Waals surface area contributed by atoms with Gasteiger partial charge in [0.25, 0.3) is 0 Å². The van der Waals surface area contributed by atoms with Gasteiger partial charge in [0, 0.05) is 11.8 Å².